The summed E-state index contributed by atoms with van der Waals surface area (Å²) < 4.78 is 6.99. The van der Waals surface area contributed by atoms with Crippen molar-refractivity contribution < 1.29 is 4.42 Å². The van der Waals surface area contributed by atoms with Gasteiger partial charge in [0.05, 0.1) is 5.69 Å². The summed E-state index contributed by atoms with van der Waals surface area (Å²) >= 11 is 0. The van der Waals surface area contributed by atoms with Crippen LogP contribution in [0.5, 0.6) is 0 Å². The predicted octanol–water partition coefficient (Wildman–Crippen LogP) is 15.2. The second-order valence-corrected chi connectivity index (χ2v) is 21.7. The maximum atomic E-state index is 6.99. The largest absolute Gasteiger partial charge is 0.455 e. The van der Waals surface area contributed by atoms with Gasteiger partial charge in [-0.15, -0.1) is 0 Å². The summed E-state index contributed by atoms with van der Waals surface area (Å²) in [5, 5.41) is 14.8. The fourth-order valence-corrected chi connectivity index (χ4v) is 15.8. The van der Waals surface area contributed by atoms with E-state index in [1.807, 2.05) is 0 Å². The molecule has 1 heterocycles. The molecule has 0 aliphatic heterocycles. The van der Waals surface area contributed by atoms with Crippen molar-refractivity contribution in [3.8, 4) is 22.3 Å². The quantitative estimate of drug-likeness (QED) is 0.0815. The van der Waals surface area contributed by atoms with Gasteiger partial charge in [-0.25, -0.2) is 0 Å². The molecule has 12 aromatic carbocycles. The average molecular weight is 896 g/mol. The topological polar surface area (TPSA) is 16.4 Å². The lowest BCUT2D eigenvalue weighted by Crippen LogP contribution is -2.74. The molecule has 0 radical (unpaired) electrons. The Bertz CT molecular complexity index is 3880. The molecule has 0 saturated heterocycles. The van der Waals surface area contributed by atoms with Crippen LogP contribution < -0.4 is 25.6 Å². The molecule has 0 fully saturated rings. The molecule has 13 aromatic rings. The highest BCUT2D eigenvalue weighted by Crippen LogP contribution is 2.46. The molecule has 0 atom stereocenters. The zero-order chi connectivity index (χ0) is 45.7. The number of benzene rings is 12. The van der Waals surface area contributed by atoms with Crippen LogP contribution in [0.3, 0.4) is 0 Å². The van der Waals surface area contributed by atoms with Gasteiger partial charge in [-0.3, -0.25) is 0 Å². The zero-order valence-electron chi connectivity index (χ0n) is 37.8. The van der Waals surface area contributed by atoms with Crippen molar-refractivity contribution in [2.75, 3.05) is 4.90 Å². The molecular formula is C66H45NOSi. The van der Waals surface area contributed by atoms with Gasteiger partial charge in [0.1, 0.15) is 11.2 Å². The van der Waals surface area contributed by atoms with Gasteiger partial charge in [-0.2, -0.15) is 0 Å². The van der Waals surface area contributed by atoms with Crippen LogP contribution in [-0.4, -0.2) is 8.07 Å². The van der Waals surface area contributed by atoms with Gasteiger partial charge >= 0.3 is 0 Å². The summed E-state index contributed by atoms with van der Waals surface area (Å²) in [6.07, 6.45) is 0. The van der Waals surface area contributed by atoms with E-state index in [0.29, 0.717) is 0 Å². The summed E-state index contributed by atoms with van der Waals surface area (Å²) in [4.78, 5) is 2.45. The van der Waals surface area contributed by atoms with Crippen LogP contribution in [0.4, 0.5) is 17.1 Å². The maximum Gasteiger partial charge on any atom is 0.179 e. The van der Waals surface area contributed by atoms with Crippen molar-refractivity contribution in [2.45, 2.75) is 0 Å². The Hall–Kier alpha value is -8.76. The van der Waals surface area contributed by atoms with Crippen molar-refractivity contribution in [3.05, 3.63) is 273 Å². The molecule has 2 nitrogen and oxygen atoms in total. The predicted molar refractivity (Wildman–Crippen MR) is 295 cm³/mol. The minimum Gasteiger partial charge on any atom is -0.455 e. The Morgan fingerprint density at radius 2 is 0.725 bits per heavy atom. The Labute approximate surface area is 402 Å². The third-order valence-corrected chi connectivity index (χ3v) is 19.0. The first-order valence-corrected chi connectivity index (χ1v) is 25.7. The van der Waals surface area contributed by atoms with Crippen molar-refractivity contribution >= 4 is 100 Å². The average Bonchev–Trinajstić information content (AvgIpc) is 3.82. The second-order valence-electron chi connectivity index (χ2n) is 17.9. The van der Waals surface area contributed by atoms with E-state index in [4.69, 9.17) is 4.42 Å². The number of rotatable bonds is 9. The zero-order valence-corrected chi connectivity index (χ0v) is 38.8. The van der Waals surface area contributed by atoms with Gasteiger partial charge in [-0.1, -0.05) is 237 Å². The van der Waals surface area contributed by atoms with E-state index in [-0.39, 0.29) is 0 Å². The van der Waals surface area contributed by atoms with E-state index in [1.165, 1.54) is 53.4 Å². The van der Waals surface area contributed by atoms with Crippen LogP contribution in [-0.2, 0) is 0 Å². The van der Waals surface area contributed by atoms with Gasteiger partial charge < -0.3 is 9.32 Å². The molecule has 0 unspecified atom stereocenters. The first kappa shape index (κ1) is 40.5. The molecule has 1 aromatic heterocycles. The monoisotopic (exact) mass is 895 g/mol. The van der Waals surface area contributed by atoms with Gasteiger partial charge in [0.15, 0.2) is 8.07 Å². The molecule has 0 bridgehead atoms. The van der Waals surface area contributed by atoms with Gasteiger partial charge in [-0.05, 0) is 95.4 Å². The number of fused-ring (bicyclic) bond motifs is 8. The molecule has 0 aliphatic rings. The van der Waals surface area contributed by atoms with E-state index < -0.39 is 8.07 Å². The van der Waals surface area contributed by atoms with E-state index in [2.05, 4.69) is 278 Å². The molecular weight excluding hydrogens is 851 g/mol. The highest BCUT2D eigenvalue weighted by molar-refractivity contribution is 7.19. The minimum atomic E-state index is -2.77. The Kier molecular flexibility index (Phi) is 9.88. The van der Waals surface area contributed by atoms with E-state index in [0.717, 1.165) is 60.9 Å². The highest BCUT2D eigenvalue weighted by Gasteiger charge is 2.41. The Balaban J connectivity index is 1.04. The number of hydrogen-bond donors (Lipinski definition) is 0. The molecule has 3 heteroatoms. The molecule has 13 rings (SSSR count). The fourth-order valence-electron chi connectivity index (χ4n) is 11.1. The molecule has 0 aliphatic carbocycles. The van der Waals surface area contributed by atoms with E-state index in [9.17, 15) is 0 Å². The first-order valence-electron chi connectivity index (χ1n) is 23.7. The fraction of sp³-hybridized carbons (Fsp3) is 0. The van der Waals surface area contributed by atoms with Crippen molar-refractivity contribution in [3.63, 3.8) is 0 Å². The summed E-state index contributed by atoms with van der Waals surface area (Å²) in [7, 11) is -2.77. The summed E-state index contributed by atoms with van der Waals surface area (Å²) in [5.41, 5.74) is 9.63. The van der Waals surface area contributed by atoms with Gasteiger partial charge in [0.2, 0.25) is 0 Å². The van der Waals surface area contributed by atoms with Crippen LogP contribution in [0.1, 0.15) is 0 Å². The highest BCUT2D eigenvalue weighted by atomic mass is 28.3. The van der Waals surface area contributed by atoms with E-state index in [1.54, 1.807) is 0 Å². The SMILES string of the molecule is c1ccc(-c2cccc3c2oc2c4ccccc4c(N(c4ccc(-c5cc6ccccc6c6ccccc56)cc4)c4ccc([Si](c5ccccc5)(c5ccccc5)c5ccccc5)cc4)cc32)cc1. The number of hydrogen-bond acceptors (Lipinski definition) is 2. The third kappa shape index (κ3) is 6.70. The Morgan fingerprint density at radius 1 is 0.275 bits per heavy atom. The number of nitrogens with zero attached hydrogens (tertiary/aromatic N) is 1. The molecule has 324 valence electrons. The molecule has 69 heavy (non-hydrogen) atoms. The summed E-state index contributed by atoms with van der Waals surface area (Å²) in [6, 6.07) is 100. The van der Waals surface area contributed by atoms with E-state index >= 15 is 0 Å². The van der Waals surface area contributed by atoms with Crippen molar-refractivity contribution in [2.24, 2.45) is 0 Å². The van der Waals surface area contributed by atoms with Crippen molar-refractivity contribution in [1.82, 2.24) is 0 Å². The van der Waals surface area contributed by atoms with Crippen LogP contribution >= 0.6 is 0 Å². The molecule has 0 spiro atoms. The minimum absolute atomic E-state index is 0.894. The molecule has 0 N–H and O–H groups in total. The van der Waals surface area contributed by atoms with Crippen LogP contribution in [0.2, 0.25) is 0 Å². The van der Waals surface area contributed by atoms with Crippen LogP contribution in [0.25, 0.3) is 76.5 Å². The number of para-hydroxylation sites is 1. The summed E-state index contributed by atoms with van der Waals surface area (Å²) in [5.74, 6) is 0. The second kappa shape index (κ2) is 16.8. The maximum absolute atomic E-state index is 6.99. The van der Waals surface area contributed by atoms with Gasteiger partial charge in [0, 0.05) is 38.5 Å². The lowest BCUT2D eigenvalue weighted by atomic mass is 9.93. The van der Waals surface area contributed by atoms with Crippen LogP contribution in [0.15, 0.2) is 277 Å². The van der Waals surface area contributed by atoms with Crippen molar-refractivity contribution in [1.29, 1.82) is 0 Å². The standard InChI is InChI=1S/C66H45NOSi/c1-5-20-46(21-6-1)56-34-19-35-61-63-45-64(59-32-17-18-33-60(59)66(63)68-65(56)61)67(49-38-36-47(37-39-49)62-44-48-22-13-14-29-55(48)57-30-15-16-31-58(57)62)50-40-42-54(43-41-50)69(51-23-7-2-8-24-51,52-25-9-3-10-26-52)53-27-11-4-12-28-53/h1-45H. The molecule has 0 saturated carbocycles. The van der Waals surface area contributed by atoms with Crippen LogP contribution in [0, 0.1) is 0 Å². The number of anilines is 3. The third-order valence-electron chi connectivity index (χ3n) is 14.2. The lowest BCUT2D eigenvalue weighted by molar-refractivity contribution is 0.674. The first-order chi connectivity index (χ1) is 34.2. The van der Waals surface area contributed by atoms with Gasteiger partial charge in [0.25, 0.3) is 0 Å². The Morgan fingerprint density at radius 3 is 1.35 bits per heavy atom. The lowest BCUT2D eigenvalue weighted by Gasteiger charge is -2.35. The number of furan rings is 1. The molecule has 0 amide bonds. The smallest absolute Gasteiger partial charge is 0.179 e. The summed E-state index contributed by atoms with van der Waals surface area (Å²) in [6.45, 7) is 0. The normalized spacial score (nSPS) is 11.8.